The van der Waals surface area contributed by atoms with E-state index in [0.29, 0.717) is 12.4 Å². The Kier molecular flexibility index (Phi) is 4.18. The van der Waals surface area contributed by atoms with Gasteiger partial charge in [-0.3, -0.25) is 4.79 Å². The molecule has 2 rings (SSSR count). The van der Waals surface area contributed by atoms with E-state index in [-0.39, 0.29) is 12.5 Å². The van der Waals surface area contributed by atoms with Crippen molar-refractivity contribution in [1.82, 2.24) is 10.3 Å². The number of hydrogen-bond donors (Lipinski definition) is 2. The van der Waals surface area contributed by atoms with Crippen LogP contribution in [0.15, 0.2) is 30.5 Å². The van der Waals surface area contributed by atoms with Crippen molar-refractivity contribution in [3.05, 3.63) is 30.5 Å². The lowest BCUT2D eigenvalue weighted by molar-refractivity contribution is -0.119. The van der Waals surface area contributed by atoms with Crippen LogP contribution in [0.3, 0.4) is 0 Å². The zero-order valence-corrected chi connectivity index (χ0v) is 11.1. The summed E-state index contributed by atoms with van der Waals surface area (Å²) in [5, 5.41) is 7.77. The van der Waals surface area contributed by atoms with Crippen molar-refractivity contribution in [2.75, 3.05) is 25.5 Å². The molecule has 0 fully saturated rings. The molecule has 0 spiro atoms. The third kappa shape index (κ3) is 3.13. The van der Waals surface area contributed by atoms with Crippen LogP contribution in [-0.4, -0.2) is 31.1 Å². The van der Waals surface area contributed by atoms with Crippen LogP contribution in [0, 0.1) is 0 Å². The van der Waals surface area contributed by atoms with Gasteiger partial charge in [-0.2, -0.15) is 0 Å². The molecule has 19 heavy (non-hydrogen) atoms. The van der Waals surface area contributed by atoms with Gasteiger partial charge in [-0.15, -0.1) is 0 Å². The molecule has 1 heterocycles. The number of nitrogens with zero attached hydrogens (tertiary/aromatic N) is 1. The van der Waals surface area contributed by atoms with Crippen molar-refractivity contribution in [3.8, 4) is 5.75 Å². The van der Waals surface area contributed by atoms with Gasteiger partial charge in [0.05, 0.1) is 13.7 Å². The molecule has 1 aromatic carbocycles. The number of carbonyl (C=O) groups excluding carboxylic acids is 1. The topological polar surface area (TPSA) is 63.2 Å². The number of pyridine rings is 1. The predicted molar refractivity (Wildman–Crippen MR) is 75.5 cm³/mol. The number of rotatable bonds is 5. The minimum Gasteiger partial charge on any atom is -0.497 e. The molecule has 0 aliphatic rings. The van der Waals surface area contributed by atoms with Crippen molar-refractivity contribution in [2.45, 2.75) is 6.92 Å². The Hall–Kier alpha value is -2.30. The summed E-state index contributed by atoms with van der Waals surface area (Å²) in [7, 11) is 1.64. The van der Waals surface area contributed by atoms with E-state index in [0.717, 1.165) is 16.5 Å². The number of amides is 1. The van der Waals surface area contributed by atoms with E-state index in [2.05, 4.69) is 15.6 Å². The molecule has 2 aromatic rings. The molecular weight excluding hydrogens is 242 g/mol. The van der Waals surface area contributed by atoms with Crippen molar-refractivity contribution in [1.29, 1.82) is 0 Å². The number of aromatic nitrogens is 1. The van der Waals surface area contributed by atoms with Crippen LogP contribution in [0.5, 0.6) is 5.75 Å². The van der Waals surface area contributed by atoms with Crippen molar-refractivity contribution < 1.29 is 9.53 Å². The average Bonchev–Trinajstić information content (AvgIpc) is 2.44. The molecule has 2 N–H and O–H groups in total. The van der Waals surface area contributed by atoms with Crippen molar-refractivity contribution >= 4 is 22.5 Å². The number of hydrogen-bond acceptors (Lipinski definition) is 4. The first-order valence-corrected chi connectivity index (χ1v) is 6.18. The van der Waals surface area contributed by atoms with E-state index >= 15 is 0 Å². The molecule has 0 radical (unpaired) electrons. The van der Waals surface area contributed by atoms with Crippen LogP contribution in [0.4, 0.5) is 5.82 Å². The molecule has 0 aliphatic heterocycles. The second-order valence-corrected chi connectivity index (χ2v) is 4.05. The smallest absolute Gasteiger partial charge is 0.239 e. The Labute approximate surface area is 112 Å². The molecule has 0 saturated carbocycles. The van der Waals surface area contributed by atoms with E-state index in [1.165, 1.54) is 0 Å². The third-order valence-corrected chi connectivity index (χ3v) is 2.76. The van der Waals surface area contributed by atoms with E-state index in [9.17, 15) is 4.79 Å². The highest BCUT2D eigenvalue weighted by Crippen LogP contribution is 2.24. The van der Waals surface area contributed by atoms with Gasteiger partial charge in [-0.05, 0) is 36.6 Å². The van der Waals surface area contributed by atoms with Gasteiger partial charge in [-0.1, -0.05) is 0 Å². The first kappa shape index (κ1) is 13.1. The van der Waals surface area contributed by atoms with Crippen molar-refractivity contribution in [3.63, 3.8) is 0 Å². The van der Waals surface area contributed by atoms with Gasteiger partial charge in [0, 0.05) is 18.1 Å². The quantitative estimate of drug-likeness (QED) is 0.859. The summed E-state index contributed by atoms with van der Waals surface area (Å²) < 4.78 is 5.19. The highest BCUT2D eigenvalue weighted by atomic mass is 16.5. The number of likely N-dealkylation sites (N-methyl/N-ethyl adjacent to an activating group) is 1. The molecule has 0 bridgehead atoms. The van der Waals surface area contributed by atoms with Crippen LogP contribution in [0.25, 0.3) is 10.8 Å². The number of benzene rings is 1. The summed E-state index contributed by atoms with van der Waals surface area (Å²) in [6.45, 7) is 2.73. The van der Waals surface area contributed by atoms with E-state index in [1.807, 2.05) is 31.2 Å². The zero-order valence-electron chi connectivity index (χ0n) is 11.1. The molecule has 0 unspecified atom stereocenters. The SMILES string of the molecule is CCNC(=O)CNc1nccc2cc(OC)ccc12. The van der Waals surface area contributed by atoms with Crippen LogP contribution >= 0.6 is 0 Å². The molecule has 0 aliphatic carbocycles. The second-order valence-electron chi connectivity index (χ2n) is 4.05. The van der Waals surface area contributed by atoms with Gasteiger partial charge in [0.1, 0.15) is 11.6 Å². The number of ether oxygens (including phenoxy) is 1. The molecular formula is C14H17N3O2. The minimum absolute atomic E-state index is 0.0465. The third-order valence-electron chi connectivity index (χ3n) is 2.76. The number of methoxy groups -OCH3 is 1. The lowest BCUT2D eigenvalue weighted by Crippen LogP contribution is -2.29. The fourth-order valence-electron chi connectivity index (χ4n) is 1.85. The Morgan fingerprint density at radius 2 is 2.21 bits per heavy atom. The largest absolute Gasteiger partial charge is 0.497 e. The van der Waals surface area contributed by atoms with Gasteiger partial charge in [-0.25, -0.2) is 4.98 Å². The Balaban J connectivity index is 2.21. The average molecular weight is 259 g/mol. The lowest BCUT2D eigenvalue weighted by atomic mass is 10.1. The maximum atomic E-state index is 11.4. The molecule has 0 saturated heterocycles. The van der Waals surface area contributed by atoms with E-state index in [1.54, 1.807) is 13.3 Å². The van der Waals surface area contributed by atoms with Crippen LogP contribution in [-0.2, 0) is 4.79 Å². The van der Waals surface area contributed by atoms with Gasteiger partial charge >= 0.3 is 0 Å². The first-order valence-electron chi connectivity index (χ1n) is 6.18. The molecule has 5 nitrogen and oxygen atoms in total. The predicted octanol–water partition coefficient (Wildman–Crippen LogP) is 1.79. The van der Waals surface area contributed by atoms with Crippen LogP contribution in [0.1, 0.15) is 6.92 Å². The van der Waals surface area contributed by atoms with Crippen LogP contribution < -0.4 is 15.4 Å². The van der Waals surface area contributed by atoms with E-state index in [4.69, 9.17) is 4.74 Å². The van der Waals surface area contributed by atoms with Gasteiger partial charge in [0.15, 0.2) is 0 Å². The minimum atomic E-state index is -0.0465. The van der Waals surface area contributed by atoms with Gasteiger partial charge < -0.3 is 15.4 Å². The van der Waals surface area contributed by atoms with Crippen molar-refractivity contribution in [2.24, 2.45) is 0 Å². The summed E-state index contributed by atoms with van der Waals surface area (Å²) >= 11 is 0. The number of fused-ring (bicyclic) bond motifs is 1. The standard InChI is InChI=1S/C14H17N3O2/c1-3-15-13(18)9-17-14-12-5-4-11(19-2)8-10(12)6-7-16-14/h4-8H,3,9H2,1-2H3,(H,15,18)(H,16,17). The number of anilines is 1. The summed E-state index contributed by atoms with van der Waals surface area (Å²) in [6, 6.07) is 7.66. The maximum Gasteiger partial charge on any atom is 0.239 e. The highest BCUT2D eigenvalue weighted by Gasteiger charge is 2.05. The normalized spacial score (nSPS) is 10.2. The number of carbonyl (C=O) groups is 1. The maximum absolute atomic E-state index is 11.4. The lowest BCUT2D eigenvalue weighted by Gasteiger charge is -2.09. The molecule has 1 amide bonds. The van der Waals surface area contributed by atoms with E-state index < -0.39 is 0 Å². The molecule has 0 atom stereocenters. The molecule has 1 aromatic heterocycles. The Bertz CT molecular complexity index is 584. The molecule has 5 heteroatoms. The fourth-order valence-corrected chi connectivity index (χ4v) is 1.85. The van der Waals surface area contributed by atoms with Gasteiger partial charge in [0.2, 0.25) is 5.91 Å². The Morgan fingerprint density at radius 1 is 1.37 bits per heavy atom. The summed E-state index contributed by atoms with van der Waals surface area (Å²) in [6.07, 6.45) is 1.71. The highest BCUT2D eigenvalue weighted by molar-refractivity contribution is 5.93. The number of nitrogens with one attached hydrogen (secondary N) is 2. The monoisotopic (exact) mass is 259 g/mol. The summed E-state index contributed by atoms with van der Waals surface area (Å²) in [4.78, 5) is 15.7. The second kappa shape index (κ2) is 6.04. The van der Waals surface area contributed by atoms with Crippen LogP contribution in [0.2, 0.25) is 0 Å². The summed E-state index contributed by atoms with van der Waals surface area (Å²) in [5.41, 5.74) is 0. The molecule has 100 valence electrons. The Morgan fingerprint density at radius 3 is 2.95 bits per heavy atom. The zero-order chi connectivity index (χ0) is 13.7. The fraction of sp³-hybridized carbons (Fsp3) is 0.286. The first-order chi connectivity index (χ1) is 9.24. The summed E-state index contributed by atoms with van der Waals surface area (Å²) in [5.74, 6) is 1.45. The van der Waals surface area contributed by atoms with Gasteiger partial charge in [0.25, 0.3) is 0 Å².